The first-order chi connectivity index (χ1) is 16.6. The molecule has 3 atom stereocenters. The van der Waals surface area contributed by atoms with Crippen molar-refractivity contribution in [2.75, 3.05) is 0 Å². The van der Waals surface area contributed by atoms with Gasteiger partial charge in [-0.05, 0) is 59.2 Å². The number of allylic oxidation sites excluding steroid dienone is 3. The van der Waals surface area contributed by atoms with Gasteiger partial charge in [0.05, 0.1) is 17.1 Å². The van der Waals surface area contributed by atoms with Crippen LogP contribution in [0, 0.1) is 17.8 Å². The van der Waals surface area contributed by atoms with Gasteiger partial charge in [-0.25, -0.2) is 0 Å². The maximum atomic E-state index is 13.7. The molecule has 3 aliphatic carbocycles. The smallest absolute Gasteiger partial charge is 0.173 e. The van der Waals surface area contributed by atoms with E-state index in [2.05, 4.69) is 13.8 Å². The lowest BCUT2D eigenvalue weighted by atomic mass is 9.61. The SMILES string of the molecule is CCC(=O)C1=C(O)C2C(=O)C3=C(O)c4c(O)c(-c5cccs5)cc(C(C)C)c4CC3CC2CC1=O. The normalized spacial score (nSPS) is 23.9. The summed E-state index contributed by atoms with van der Waals surface area (Å²) in [4.78, 5) is 39.6. The molecule has 0 radical (unpaired) electrons. The van der Waals surface area contributed by atoms with Crippen molar-refractivity contribution in [3.05, 3.63) is 57.2 Å². The van der Waals surface area contributed by atoms with Crippen LogP contribution in [-0.4, -0.2) is 32.7 Å². The van der Waals surface area contributed by atoms with Gasteiger partial charge in [-0.15, -0.1) is 11.3 Å². The molecule has 0 saturated heterocycles. The highest BCUT2D eigenvalue weighted by Crippen LogP contribution is 2.53. The van der Waals surface area contributed by atoms with Crippen molar-refractivity contribution in [3.63, 3.8) is 0 Å². The number of ketones is 3. The zero-order valence-corrected chi connectivity index (χ0v) is 20.7. The maximum Gasteiger partial charge on any atom is 0.173 e. The van der Waals surface area contributed by atoms with Crippen molar-refractivity contribution >= 4 is 34.4 Å². The predicted molar refractivity (Wildman–Crippen MR) is 133 cm³/mol. The maximum absolute atomic E-state index is 13.7. The first-order valence-electron chi connectivity index (χ1n) is 12.0. The van der Waals surface area contributed by atoms with E-state index < -0.39 is 34.9 Å². The summed E-state index contributed by atoms with van der Waals surface area (Å²) in [6, 6.07) is 5.76. The molecule has 1 heterocycles. The van der Waals surface area contributed by atoms with Crippen LogP contribution in [0.3, 0.4) is 0 Å². The average molecular weight is 493 g/mol. The number of carbonyl (C=O) groups is 3. The van der Waals surface area contributed by atoms with E-state index in [1.165, 1.54) is 11.3 Å². The van der Waals surface area contributed by atoms with Crippen molar-refractivity contribution in [1.82, 2.24) is 0 Å². The minimum Gasteiger partial charge on any atom is -0.511 e. The number of carbonyl (C=O) groups excluding carboxylic acids is 3. The molecule has 35 heavy (non-hydrogen) atoms. The second kappa shape index (κ2) is 8.48. The summed E-state index contributed by atoms with van der Waals surface area (Å²) in [5, 5.41) is 35.5. The number of phenolic OH excluding ortho intramolecular Hbond substituents is 1. The number of benzene rings is 1. The molecule has 182 valence electrons. The Labute approximate surface area is 207 Å². The van der Waals surface area contributed by atoms with Crippen LogP contribution >= 0.6 is 11.3 Å². The first-order valence-corrected chi connectivity index (χ1v) is 12.9. The number of rotatable bonds is 4. The number of phenols is 1. The zero-order valence-electron chi connectivity index (χ0n) is 19.9. The minimum atomic E-state index is -1.03. The largest absolute Gasteiger partial charge is 0.511 e. The lowest BCUT2D eigenvalue weighted by Gasteiger charge is -2.41. The van der Waals surface area contributed by atoms with Gasteiger partial charge in [0.2, 0.25) is 0 Å². The summed E-state index contributed by atoms with van der Waals surface area (Å²) >= 11 is 1.48. The molecule has 0 spiro atoms. The molecule has 2 aromatic rings. The molecule has 0 aliphatic heterocycles. The molecule has 1 aromatic carbocycles. The highest BCUT2D eigenvalue weighted by molar-refractivity contribution is 7.13. The number of aromatic hydroxyl groups is 1. The Morgan fingerprint density at radius 1 is 1.17 bits per heavy atom. The van der Waals surface area contributed by atoms with Gasteiger partial charge in [0.15, 0.2) is 17.3 Å². The van der Waals surface area contributed by atoms with E-state index in [1.807, 2.05) is 23.6 Å². The Bertz CT molecular complexity index is 1330. The van der Waals surface area contributed by atoms with Gasteiger partial charge >= 0.3 is 0 Å². The molecular formula is C28H28O6S. The third-order valence-electron chi connectivity index (χ3n) is 7.69. The molecule has 1 fully saturated rings. The lowest BCUT2D eigenvalue weighted by Crippen LogP contribution is -2.44. The Hall–Kier alpha value is -3.19. The Morgan fingerprint density at radius 3 is 2.54 bits per heavy atom. The number of thiophene rings is 1. The second-order valence-corrected chi connectivity index (χ2v) is 11.0. The van der Waals surface area contributed by atoms with E-state index in [-0.39, 0.29) is 52.9 Å². The quantitative estimate of drug-likeness (QED) is 0.475. The molecule has 3 unspecified atom stereocenters. The van der Waals surface area contributed by atoms with E-state index in [0.29, 0.717) is 18.4 Å². The first kappa shape index (κ1) is 23.5. The third-order valence-corrected chi connectivity index (χ3v) is 8.59. The van der Waals surface area contributed by atoms with Crippen LogP contribution in [0.4, 0.5) is 0 Å². The minimum absolute atomic E-state index is 0.0263. The fourth-order valence-electron chi connectivity index (χ4n) is 6.08. The fraction of sp³-hybridized carbons (Fsp3) is 0.393. The van der Waals surface area contributed by atoms with Gasteiger partial charge < -0.3 is 15.3 Å². The Balaban J connectivity index is 1.70. The van der Waals surface area contributed by atoms with Crippen LogP contribution in [0.5, 0.6) is 5.75 Å². The zero-order chi connectivity index (χ0) is 25.2. The molecule has 7 heteroatoms. The highest BCUT2D eigenvalue weighted by atomic mass is 32.1. The topological polar surface area (TPSA) is 112 Å². The van der Waals surface area contributed by atoms with Crippen LogP contribution in [0.25, 0.3) is 16.2 Å². The molecule has 0 amide bonds. The van der Waals surface area contributed by atoms with Crippen LogP contribution in [0.1, 0.15) is 62.6 Å². The monoisotopic (exact) mass is 492 g/mol. The van der Waals surface area contributed by atoms with Gasteiger partial charge in [0.25, 0.3) is 0 Å². The van der Waals surface area contributed by atoms with Gasteiger partial charge in [-0.3, -0.25) is 14.4 Å². The van der Waals surface area contributed by atoms with Crippen LogP contribution in [0.2, 0.25) is 0 Å². The number of hydrogen-bond acceptors (Lipinski definition) is 7. The van der Waals surface area contributed by atoms with Crippen LogP contribution in [-0.2, 0) is 20.8 Å². The van der Waals surface area contributed by atoms with E-state index >= 15 is 0 Å². The van der Waals surface area contributed by atoms with Gasteiger partial charge in [-0.2, -0.15) is 0 Å². The fourth-order valence-corrected chi connectivity index (χ4v) is 6.83. The van der Waals surface area contributed by atoms with E-state index in [0.717, 1.165) is 16.0 Å². The van der Waals surface area contributed by atoms with Crippen LogP contribution in [0.15, 0.2) is 40.5 Å². The summed E-state index contributed by atoms with van der Waals surface area (Å²) < 4.78 is 0. The standard InChI is InChI=1S/C28H28O6S/c1-4-18(29)24-19(30)10-14-8-13-9-16-15(12(2)3)11-17(20-6-5-7-35-20)25(31)23(16)27(33)21(13)26(32)22(14)28(24)34/h5-7,11-14,22,31,33-34H,4,8-10H2,1-3H3. The van der Waals surface area contributed by atoms with E-state index in [1.54, 1.807) is 6.92 Å². The summed E-state index contributed by atoms with van der Waals surface area (Å²) in [5.41, 5.74) is 2.60. The number of aliphatic hydroxyl groups is 2. The number of fused-ring (bicyclic) bond motifs is 3. The number of hydrogen-bond donors (Lipinski definition) is 3. The lowest BCUT2D eigenvalue weighted by molar-refractivity contribution is -0.127. The third kappa shape index (κ3) is 3.47. The van der Waals surface area contributed by atoms with E-state index in [4.69, 9.17) is 0 Å². The van der Waals surface area contributed by atoms with E-state index in [9.17, 15) is 29.7 Å². The Morgan fingerprint density at radius 2 is 1.91 bits per heavy atom. The van der Waals surface area contributed by atoms with Crippen molar-refractivity contribution in [2.24, 2.45) is 17.8 Å². The molecule has 5 rings (SSSR count). The molecule has 1 aromatic heterocycles. The molecule has 3 N–H and O–H groups in total. The summed E-state index contributed by atoms with van der Waals surface area (Å²) in [6.45, 7) is 5.71. The van der Waals surface area contributed by atoms with Crippen molar-refractivity contribution < 1.29 is 29.7 Å². The predicted octanol–water partition coefficient (Wildman–Crippen LogP) is 5.65. The van der Waals surface area contributed by atoms with Gasteiger partial charge in [0.1, 0.15) is 17.3 Å². The van der Waals surface area contributed by atoms with Crippen LogP contribution < -0.4 is 0 Å². The van der Waals surface area contributed by atoms with Gasteiger partial charge in [0, 0.05) is 28.9 Å². The molecule has 6 nitrogen and oxygen atoms in total. The second-order valence-electron chi connectivity index (χ2n) is 10.0. The summed E-state index contributed by atoms with van der Waals surface area (Å²) in [7, 11) is 0. The molecule has 1 saturated carbocycles. The number of Topliss-reactive ketones (excluding diaryl/α,β-unsaturated/α-hetero) is 3. The molecular weight excluding hydrogens is 464 g/mol. The summed E-state index contributed by atoms with van der Waals surface area (Å²) in [6.07, 6.45) is 0.967. The highest BCUT2D eigenvalue weighted by Gasteiger charge is 2.51. The average Bonchev–Trinajstić information content (AvgIpc) is 3.32. The van der Waals surface area contributed by atoms with Crippen molar-refractivity contribution in [3.8, 4) is 16.2 Å². The molecule has 0 bridgehead atoms. The van der Waals surface area contributed by atoms with Crippen molar-refractivity contribution in [1.29, 1.82) is 0 Å². The molecule has 3 aliphatic rings. The number of aliphatic hydroxyl groups excluding tert-OH is 2. The van der Waals surface area contributed by atoms with Gasteiger partial charge in [-0.1, -0.05) is 26.8 Å². The summed E-state index contributed by atoms with van der Waals surface area (Å²) in [5.74, 6) is -3.81. The Kier molecular flexibility index (Phi) is 5.71. The van der Waals surface area contributed by atoms with Crippen molar-refractivity contribution in [2.45, 2.75) is 52.4 Å².